The van der Waals surface area contributed by atoms with E-state index in [1.54, 1.807) is 25.1 Å². The van der Waals surface area contributed by atoms with Crippen LogP contribution in [0.2, 0.25) is 0 Å². The summed E-state index contributed by atoms with van der Waals surface area (Å²) in [6, 6.07) is 7.23. The molecule has 0 saturated heterocycles. The maximum absolute atomic E-state index is 9.51. The first-order chi connectivity index (χ1) is 7.19. The zero-order valence-electron chi connectivity index (χ0n) is 8.47. The molecule has 15 heavy (non-hydrogen) atoms. The van der Waals surface area contributed by atoms with E-state index in [9.17, 15) is 5.11 Å². The third-order valence-electron chi connectivity index (χ3n) is 1.94. The van der Waals surface area contributed by atoms with E-state index in [1.807, 2.05) is 0 Å². The number of benzene rings is 1. The molecular formula is C11H13NO2S. The highest BCUT2D eigenvalue weighted by Crippen LogP contribution is 2.28. The molecule has 3 nitrogen and oxygen atoms in total. The molecule has 0 saturated carbocycles. The summed E-state index contributed by atoms with van der Waals surface area (Å²) in [6.45, 7) is 1.77. The Kier molecular flexibility index (Phi) is 4.63. The molecule has 1 aromatic rings. The van der Waals surface area contributed by atoms with Crippen LogP contribution in [0.15, 0.2) is 23.1 Å². The Morgan fingerprint density at radius 1 is 1.53 bits per heavy atom. The maximum atomic E-state index is 9.51. The molecule has 80 valence electrons. The van der Waals surface area contributed by atoms with Gasteiger partial charge in [-0.2, -0.15) is 5.26 Å². The van der Waals surface area contributed by atoms with Crippen LogP contribution in [0, 0.1) is 11.3 Å². The van der Waals surface area contributed by atoms with Crippen LogP contribution < -0.4 is 0 Å². The van der Waals surface area contributed by atoms with E-state index in [1.165, 1.54) is 11.8 Å². The first-order valence-corrected chi connectivity index (χ1v) is 5.63. The molecule has 2 N–H and O–H groups in total. The van der Waals surface area contributed by atoms with Crippen molar-refractivity contribution in [2.45, 2.75) is 17.9 Å². The summed E-state index contributed by atoms with van der Waals surface area (Å²) in [7, 11) is 0. The van der Waals surface area contributed by atoms with Gasteiger partial charge in [0, 0.05) is 10.6 Å². The molecule has 0 radical (unpaired) electrons. The lowest BCUT2D eigenvalue weighted by molar-refractivity contribution is 0.196. The number of aliphatic hydroxyl groups excluding tert-OH is 2. The fourth-order valence-electron chi connectivity index (χ4n) is 1.23. The van der Waals surface area contributed by atoms with Gasteiger partial charge >= 0.3 is 0 Å². The van der Waals surface area contributed by atoms with E-state index in [0.29, 0.717) is 11.3 Å². The summed E-state index contributed by atoms with van der Waals surface area (Å²) in [6.07, 6.45) is -0.557. The first kappa shape index (κ1) is 12.1. The molecule has 0 aromatic heterocycles. The molecule has 1 aromatic carbocycles. The van der Waals surface area contributed by atoms with Gasteiger partial charge in [-0.25, -0.2) is 0 Å². The predicted octanol–water partition coefficient (Wildman–Crippen LogP) is 1.70. The second-order valence-corrected chi connectivity index (χ2v) is 4.25. The van der Waals surface area contributed by atoms with Crippen molar-refractivity contribution in [2.24, 2.45) is 0 Å². The van der Waals surface area contributed by atoms with Gasteiger partial charge in [-0.1, -0.05) is 6.07 Å². The molecule has 0 heterocycles. The number of thioether (sulfide) groups is 1. The molecule has 0 fully saturated rings. The summed E-state index contributed by atoms with van der Waals surface area (Å²) in [4.78, 5) is 0.859. The Balaban J connectivity index is 3.01. The SMILES string of the molecule is C[C@@H](O)c1ccc(C#N)cc1SCCO. The minimum atomic E-state index is -0.557. The number of nitriles is 1. The number of hydrogen-bond donors (Lipinski definition) is 2. The van der Waals surface area contributed by atoms with E-state index in [0.717, 1.165) is 10.5 Å². The number of nitrogens with zero attached hydrogens (tertiary/aromatic N) is 1. The van der Waals surface area contributed by atoms with Gasteiger partial charge in [0.05, 0.1) is 24.3 Å². The lowest BCUT2D eigenvalue weighted by Gasteiger charge is -2.11. The largest absolute Gasteiger partial charge is 0.396 e. The Hall–Kier alpha value is -1.02. The Labute approximate surface area is 93.4 Å². The molecule has 0 aliphatic carbocycles. The molecule has 0 aliphatic heterocycles. The van der Waals surface area contributed by atoms with Gasteiger partial charge in [0.25, 0.3) is 0 Å². The topological polar surface area (TPSA) is 64.2 Å². The van der Waals surface area contributed by atoms with E-state index in [-0.39, 0.29) is 6.61 Å². The van der Waals surface area contributed by atoms with Gasteiger partial charge in [0.15, 0.2) is 0 Å². The normalized spacial score (nSPS) is 12.1. The van der Waals surface area contributed by atoms with Crippen molar-refractivity contribution in [2.75, 3.05) is 12.4 Å². The van der Waals surface area contributed by atoms with Crippen molar-refractivity contribution in [3.63, 3.8) is 0 Å². The van der Waals surface area contributed by atoms with Crippen LogP contribution in [-0.4, -0.2) is 22.6 Å². The monoisotopic (exact) mass is 223 g/mol. The predicted molar refractivity (Wildman–Crippen MR) is 59.6 cm³/mol. The summed E-state index contributed by atoms with van der Waals surface area (Å²) in [5, 5.41) is 27.0. The smallest absolute Gasteiger partial charge is 0.0992 e. The fourth-order valence-corrected chi connectivity index (χ4v) is 2.16. The van der Waals surface area contributed by atoms with Crippen LogP contribution in [0.5, 0.6) is 0 Å². The van der Waals surface area contributed by atoms with Crippen molar-refractivity contribution in [1.82, 2.24) is 0 Å². The van der Waals surface area contributed by atoms with E-state index in [4.69, 9.17) is 10.4 Å². The highest BCUT2D eigenvalue weighted by atomic mass is 32.2. The van der Waals surface area contributed by atoms with Crippen molar-refractivity contribution in [3.05, 3.63) is 29.3 Å². The van der Waals surface area contributed by atoms with Gasteiger partial charge in [-0.15, -0.1) is 11.8 Å². The lowest BCUT2D eigenvalue weighted by atomic mass is 10.1. The van der Waals surface area contributed by atoms with E-state index < -0.39 is 6.10 Å². The van der Waals surface area contributed by atoms with Crippen molar-refractivity contribution < 1.29 is 10.2 Å². The van der Waals surface area contributed by atoms with E-state index >= 15 is 0 Å². The van der Waals surface area contributed by atoms with Crippen LogP contribution in [0.1, 0.15) is 24.2 Å². The molecule has 1 rings (SSSR count). The third-order valence-corrected chi connectivity index (χ3v) is 2.99. The molecule has 0 bridgehead atoms. The minimum absolute atomic E-state index is 0.0840. The third kappa shape index (κ3) is 3.24. The average Bonchev–Trinajstić information content (AvgIpc) is 2.25. The molecule has 1 atom stereocenters. The zero-order chi connectivity index (χ0) is 11.3. The summed E-state index contributed by atoms with van der Waals surface area (Å²) in [5.74, 6) is 0.564. The van der Waals surface area contributed by atoms with Crippen molar-refractivity contribution in [3.8, 4) is 6.07 Å². The molecule has 0 amide bonds. The van der Waals surface area contributed by atoms with Gasteiger partial charge in [-0.3, -0.25) is 0 Å². The van der Waals surface area contributed by atoms with Crippen molar-refractivity contribution in [1.29, 1.82) is 5.26 Å². The average molecular weight is 223 g/mol. The number of aliphatic hydroxyl groups is 2. The van der Waals surface area contributed by atoms with Crippen LogP contribution >= 0.6 is 11.8 Å². The molecule has 4 heteroatoms. The second-order valence-electron chi connectivity index (χ2n) is 3.11. The first-order valence-electron chi connectivity index (χ1n) is 4.64. The zero-order valence-corrected chi connectivity index (χ0v) is 9.29. The van der Waals surface area contributed by atoms with Gasteiger partial charge in [0.2, 0.25) is 0 Å². The van der Waals surface area contributed by atoms with Gasteiger partial charge in [-0.05, 0) is 24.6 Å². The number of hydrogen-bond acceptors (Lipinski definition) is 4. The summed E-state index contributed by atoms with van der Waals surface area (Å²) < 4.78 is 0. The maximum Gasteiger partial charge on any atom is 0.0992 e. The Morgan fingerprint density at radius 2 is 2.27 bits per heavy atom. The van der Waals surface area contributed by atoms with Gasteiger partial charge < -0.3 is 10.2 Å². The quantitative estimate of drug-likeness (QED) is 0.762. The van der Waals surface area contributed by atoms with Crippen molar-refractivity contribution >= 4 is 11.8 Å². The second kappa shape index (κ2) is 5.76. The van der Waals surface area contributed by atoms with Crippen LogP contribution in [-0.2, 0) is 0 Å². The number of rotatable bonds is 4. The Morgan fingerprint density at radius 3 is 2.80 bits per heavy atom. The highest BCUT2D eigenvalue weighted by molar-refractivity contribution is 7.99. The van der Waals surface area contributed by atoms with Gasteiger partial charge in [0.1, 0.15) is 0 Å². The van der Waals surface area contributed by atoms with Crippen LogP contribution in [0.25, 0.3) is 0 Å². The van der Waals surface area contributed by atoms with E-state index in [2.05, 4.69) is 6.07 Å². The standard InChI is InChI=1S/C11H13NO2S/c1-8(14)10-3-2-9(7-12)6-11(10)15-5-4-13/h2-3,6,8,13-14H,4-5H2,1H3/t8-/m1/s1. The van der Waals surface area contributed by atoms with Crippen LogP contribution in [0.4, 0.5) is 0 Å². The lowest BCUT2D eigenvalue weighted by Crippen LogP contribution is -1.96. The fraction of sp³-hybridized carbons (Fsp3) is 0.364. The molecule has 0 unspecified atom stereocenters. The summed E-state index contributed by atoms with van der Waals surface area (Å²) in [5.41, 5.74) is 1.37. The minimum Gasteiger partial charge on any atom is -0.396 e. The van der Waals surface area contributed by atoms with Crippen LogP contribution in [0.3, 0.4) is 0 Å². The molecule has 0 spiro atoms. The molecule has 0 aliphatic rings. The molecular weight excluding hydrogens is 210 g/mol. The highest BCUT2D eigenvalue weighted by Gasteiger charge is 2.09. The Bertz CT molecular complexity index is 371. The summed E-state index contributed by atoms with van der Waals surface area (Å²) >= 11 is 1.44.